The molecular weight excluding hydrogens is 372 g/mol. The van der Waals surface area contributed by atoms with E-state index >= 15 is 0 Å². The summed E-state index contributed by atoms with van der Waals surface area (Å²) >= 11 is 5.14. The van der Waals surface area contributed by atoms with Gasteiger partial charge in [-0.2, -0.15) is 12.6 Å². The number of amides is 1. The topological polar surface area (TPSA) is 108 Å². The summed E-state index contributed by atoms with van der Waals surface area (Å²) in [6, 6.07) is -0.190. The third-order valence-electron chi connectivity index (χ3n) is 2.18. The second-order valence-corrected chi connectivity index (χ2v) is 5.31. The third-order valence-corrected chi connectivity index (χ3v) is 3.26. The van der Waals surface area contributed by atoms with E-state index in [0.29, 0.717) is 6.54 Å². The van der Waals surface area contributed by atoms with E-state index in [9.17, 15) is 9.59 Å². The summed E-state index contributed by atoms with van der Waals surface area (Å²) in [6.45, 7) is 1.53. The highest BCUT2D eigenvalue weighted by atomic mass is 35.5. The van der Waals surface area contributed by atoms with Crippen LogP contribution in [0.2, 0.25) is 0 Å². The van der Waals surface area contributed by atoms with Crippen molar-refractivity contribution in [3.63, 3.8) is 0 Å². The predicted octanol–water partition coefficient (Wildman–Crippen LogP) is 1.97. The minimum absolute atomic E-state index is 0. The van der Waals surface area contributed by atoms with Gasteiger partial charge in [-0.1, -0.05) is 19.2 Å². The molecule has 8 nitrogen and oxygen atoms in total. The van der Waals surface area contributed by atoms with Gasteiger partial charge in [-0.05, 0) is 0 Å². The number of nitrogens with two attached hydrogens (primary N) is 1. The van der Waals surface area contributed by atoms with E-state index in [0.717, 1.165) is 18.1 Å². The molecule has 3 heterocycles. The Morgan fingerprint density at radius 1 is 1.29 bits per heavy atom. The number of nitrogens with one attached hydrogen (secondary N) is 1. The fraction of sp³-hybridized carbons (Fsp3) is 0.385. The van der Waals surface area contributed by atoms with Crippen molar-refractivity contribution in [3.8, 4) is 0 Å². The van der Waals surface area contributed by atoms with Gasteiger partial charge < -0.3 is 11.1 Å². The lowest BCUT2D eigenvalue weighted by Crippen LogP contribution is -2.15. The monoisotopic (exact) mass is 394 g/mol. The number of thioether (sulfide) groups is 1. The van der Waals surface area contributed by atoms with Gasteiger partial charge in [-0.25, -0.2) is 14.8 Å². The molecule has 24 heavy (non-hydrogen) atoms. The zero-order chi connectivity index (χ0) is 16.2. The maximum atomic E-state index is 11.4. The summed E-state index contributed by atoms with van der Waals surface area (Å²) in [5, 5.41) is 2.76. The lowest BCUT2D eigenvalue weighted by molar-refractivity contribution is 0.243. The Balaban J connectivity index is 0. The SMILES string of the molecule is C.Cl.NCCS.O=C(n1ccnc1)n1ccnc1.O=C1NCCS1. The van der Waals surface area contributed by atoms with Crippen LogP contribution >= 0.6 is 36.8 Å². The molecule has 1 fully saturated rings. The van der Waals surface area contributed by atoms with Gasteiger partial charge in [0.2, 0.25) is 0 Å². The molecule has 2 aromatic rings. The van der Waals surface area contributed by atoms with Crippen LogP contribution < -0.4 is 11.1 Å². The minimum atomic E-state index is -0.190. The Kier molecular flexibility index (Phi) is 15.5. The van der Waals surface area contributed by atoms with E-state index in [4.69, 9.17) is 5.73 Å². The number of rotatable bonds is 1. The Morgan fingerprint density at radius 2 is 1.79 bits per heavy atom. The first kappa shape index (κ1) is 24.8. The normalized spacial score (nSPS) is 11.5. The highest BCUT2D eigenvalue weighted by Gasteiger charge is 2.06. The predicted molar refractivity (Wildman–Crippen MR) is 103 cm³/mol. The molecule has 0 aliphatic carbocycles. The Hall–Kier alpha value is -1.49. The first-order chi connectivity index (χ1) is 10.7. The molecule has 0 atom stereocenters. The van der Waals surface area contributed by atoms with Gasteiger partial charge in [0, 0.05) is 49.4 Å². The quantitative estimate of drug-likeness (QED) is 0.638. The molecule has 1 amide bonds. The molecule has 0 radical (unpaired) electrons. The average Bonchev–Trinajstić information content (AvgIpc) is 3.29. The maximum Gasteiger partial charge on any atom is 0.338 e. The molecule has 1 aliphatic rings. The van der Waals surface area contributed by atoms with Gasteiger partial charge in [0.25, 0.3) is 5.24 Å². The first-order valence-corrected chi connectivity index (χ1v) is 8.03. The second-order valence-electron chi connectivity index (χ2n) is 3.80. The van der Waals surface area contributed by atoms with Crippen LogP contribution in [-0.2, 0) is 0 Å². The van der Waals surface area contributed by atoms with Crippen LogP contribution in [0.25, 0.3) is 0 Å². The van der Waals surface area contributed by atoms with Crippen LogP contribution in [0.1, 0.15) is 7.43 Å². The van der Waals surface area contributed by atoms with E-state index in [1.54, 1.807) is 24.8 Å². The second kappa shape index (κ2) is 15.1. The van der Waals surface area contributed by atoms with E-state index < -0.39 is 0 Å². The first-order valence-electron chi connectivity index (χ1n) is 6.41. The molecule has 0 spiro atoms. The molecule has 3 rings (SSSR count). The Morgan fingerprint density at radius 3 is 2.00 bits per heavy atom. The van der Waals surface area contributed by atoms with Crippen LogP contribution in [0.3, 0.4) is 0 Å². The standard InChI is InChI=1S/C7H6N4O.C3H5NOS.C2H7NS.CH4.ClH/c12-7(10-3-1-8-5-10)11-4-2-9-6-11;5-3-4-1-2-6-3;3-1-2-4;;/h1-6H;1-2H2,(H,4,5);4H,1-3H2;1H4;1H. The number of aromatic nitrogens is 4. The third kappa shape index (κ3) is 9.60. The van der Waals surface area contributed by atoms with Crippen molar-refractivity contribution in [2.24, 2.45) is 5.73 Å². The summed E-state index contributed by atoms with van der Waals surface area (Å²) in [6.07, 6.45) is 9.17. The number of halogens is 1. The van der Waals surface area contributed by atoms with Crippen LogP contribution in [0.15, 0.2) is 37.4 Å². The zero-order valence-electron chi connectivity index (χ0n) is 12.2. The summed E-state index contributed by atoms with van der Waals surface area (Å²) in [4.78, 5) is 29.0. The number of nitrogens with zero attached hydrogens (tertiary/aromatic N) is 4. The molecule has 2 aromatic heterocycles. The average molecular weight is 395 g/mol. The van der Waals surface area contributed by atoms with Gasteiger partial charge in [0.05, 0.1) is 0 Å². The van der Waals surface area contributed by atoms with Crippen LogP contribution in [0.4, 0.5) is 9.59 Å². The van der Waals surface area contributed by atoms with E-state index in [2.05, 4.69) is 27.9 Å². The number of imidazole rings is 2. The van der Waals surface area contributed by atoms with Gasteiger partial charge in [0.15, 0.2) is 0 Å². The van der Waals surface area contributed by atoms with Crippen LogP contribution in [0.5, 0.6) is 0 Å². The lowest BCUT2D eigenvalue weighted by Gasteiger charge is -1.98. The summed E-state index contributed by atoms with van der Waals surface area (Å²) in [5.41, 5.74) is 4.95. The number of thiol groups is 1. The molecule has 1 aliphatic heterocycles. The smallest absolute Gasteiger partial charge is 0.338 e. The fourth-order valence-corrected chi connectivity index (χ4v) is 1.82. The van der Waals surface area contributed by atoms with Gasteiger partial charge in [0.1, 0.15) is 12.7 Å². The molecule has 0 saturated carbocycles. The molecule has 136 valence electrons. The number of carbonyl (C=O) groups excluding carboxylic acids is 2. The lowest BCUT2D eigenvalue weighted by atomic mass is 10.8. The van der Waals surface area contributed by atoms with Crippen molar-refractivity contribution in [2.75, 3.05) is 24.6 Å². The van der Waals surface area contributed by atoms with Crippen molar-refractivity contribution in [3.05, 3.63) is 37.4 Å². The van der Waals surface area contributed by atoms with E-state index in [-0.39, 0.29) is 31.1 Å². The molecule has 0 bridgehead atoms. The molecule has 11 heteroatoms. The Labute approximate surface area is 157 Å². The fourth-order valence-electron chi connectivity index (χ4n) is 1.23. The molecule has 3 N–H and O–H groups in total. The highest BCUT2D eigenvalue weighted by molar-refractivity contribution is 8.13. The maximum absolute atomic E-state index is 11.4. The summed E-state index contributed by atoms with van der Waals surface area (Å²) in [7, 11) is 0. The molecule has 0 unspecified atom stereocenters. The highest BCUT2D eigenvalue weighted by Crippen LogP contribution is 2.04. The van der Waals surface area contributed by atoms with E-state index in [1.165, 1.54) is 33.6 Å². The number of hydrogen-bond donors (Lipinski definition) is 3. The van der Waals surface area contributed by atoms with Crippen LogP contribution in [0, 0.1) is 0 Å². The molecular formula is C13H23ClN6O2S2. The van der Waals surface area contributed by atoms with Gasteiger partial charge in [-0.3, -0.25) is 13.9 Å². The summed E-state index contributed by atoms with van der Waals surface area (Å²) in [5.74, 6) is 1.73. The van der Waals surface area contributed by atoms with Crippen molar-refractivity contribution in [1.82, 2.24) is 24.4 Å². The minimum Gasteiger partial charge on any atom is -0.346 e. The summed E-state index contributed by atoms with van der Waals surface area (Å²) < 4.78 is 2.75. The van der Waals surface area contributed by atoms with Gasteiger partial charge in [-0.15, -0.1) is 12.4 Å². The number of hydrogen-bond acceptors (Lipinski definition) is 7. The Bertz CT molecular complexity index is 505. The zero-order valence-corrected chi connectivity index (χ0v) is 14.8. The van der Waals surface area contributed by atoms with Crippen molar-refractivity contribution >= 4 is 48.1 Å². The number of carbonyl (C=O) groups is 2. The molecule has 0 aromatic carbocycles. The van der Waals surface area contributed by atoms with Crippen molar-refractivity contribution in [1.29, 1.82) is 0 Å². The van der Waals surface area contributed by atoms with Crippen molar-refractivity contribution < 1.29 is 9.59 Å². The molecule has 1 saturated heterocycles. The van der Waals surface area contributed by atoms with Gasteiger partial charge >= 0.3 is 6.03 Å². The van der Waals surface area contributed by atoms with Crippen LogP contribution in [-0.4, -0.2) is 55.0 Å². The largest absolute Gasteiger partial charge is 0.346 e. The van der Waals surface area contributed by atoms with Crippen molar-refractivity contribution in [2.45, 2.75) is 7.43 Å². The van der Waals surface area contributed by atoms with E-state index in [1.807, 2.05) is 0 Å².